The van der Waals surface area contributed by atoms with Crippen molar-refractivity contribution in [2.75, 3.05) is 31.2 Å². The van der Waals surface area contributed by atoms with Crippen LogP contribution in [0.5, 0.6) is 0 Å². The summed E-state index contributed by atoms with van der Waals surface area (Å²) in [6, 6.07) is 3.74. The predicted molar refractivity (Wildman–Crippen MR) is 70.6 cm³/mol. The fourth-order valence-corrected chi connectivity index (χ4v) is 2.33. The third kappa shape index (κ3) is 2.84. The monoisotopic (exact) mass is 315 g/mol. The number of aromatic amines is 1. The van der Waals surface area contributed by atoms with Gasteiger partial charge >= 0.3 is 11.9 Å². The van der Waals surface area contributed by atoms with Crippen molar-refractivity contribution in [3.05, 3.63) is 34.3 Å². The fourth-order valence-electron chi connectivity index (χ4n) is 2.33. The van der Waals surface area contributed by atoms with Gasteiger partial charge in [-0.1, -0.05) is 0 Å². The maximum absolute atomic E-state index is 13.3. The third-order valence-corrected chi connectivity index (χ3v) is 3.34. The summed E-state index contributed by atoms with van der Waals surface area (Å²) in [4.78, 5) is 12.6. The number of morpholine rings is 1. The van der Waals surface area contributed by atoms with Crippen LogP contribution in [0.1, 0.15) is 5.56 Å². The Morgan fingerprint density at radius 2 is 1.95 bits per heavy atom. The molecule has 118 valence electrons. The van der Waals surface area contributed by atoms with E-state index < -0.39 is 17.5 Å². The quantitative estimate of drug-likeness (QED) is 0.916. The van der Waals surface area contributed by atoms with Gasteiger partial charge in [-0.25, -0.2) is 9.89 Å². The first-order valence-electron chi connectivity index (χ1n) is 6.55. The lowest BCUT2D eigenvalue weighted by Crippen LogP contribution is -2.37. The second kappa shape index (κ2) is 5.48. The zero-order chi connectivity index (χ0) is 15.7. The van der Waals surface area contributed by atoms with Gasteiger partial charge in [0.15, 0.2) is 0 Å². The van der Waals surface area contributed by atoms with Crippen molar-refractivity contribution in [1.29, 1.82) is 0 Å². The van der Waals surface area contributed by atoms with E-state index in [4.69, 9.17) is 9.15 Å². The predicted octanol–water partition coefficient (Wildman–Crippen LogP) is 1.89. The van der Waals surface area contributed by atoms with Crippen LogP contribution in [0.2, 0.25) is 0 Å². The molecule has 2 heterocycles. The van der Waals surface area contributed by atoms with E-state index in [1.165, 1.54) is 12.1 Å². The molecule has 0 aliphatic carbocycles. The maximum atomic E-state index is 13.3. The molecule has 0 saturated carbocycles. The number of benzene rings is 1. The summed E-state index contributed by atoms with van der Waals surface area (Å²) in [6.45, 7) is 1.54. The standard InChI is InChI=1S/C13H12F3N3O3/c14-13(15,16)9-7-8(11-17-18-12(20)22-11)1-2-10(9)19-3-5-21-6-4-19/h1-2,7H,3-6H2,(H,18,20). The molecular formula is C13H12F3N3O3. The van der Waals surface area contributed by atoms with Gasteiger partial charge in [0.1, 0.15) is 0 Å². The molecule has 22 heavy (non-hydrogen) atoms. The first kappa shape index (κ1) is 14.6. The highest BCUT2D eigenvalue weighted by Crippen LogP contribution is 2.39. The highest BCUT2D eigenvalue weighted by Gasteiger charge is 2.36. The normalized spacial score (nSPS) is 16.0. The number of halogens is 3. The zero-order valence-corrected chi connectivity index (χ0v) is 11.3. The summed E-state index contributed by atoms with van der Waals surface area (Å²) in [5, 5.41) is 5.57. The topological polar surface area (TPSA) is 71.4 Å². The van der Waals surface area contributed by atoms with Crippen molar-refractivity contribution in [2.45, 2.75) is 6.18 Å². The number of nitrogens with zero attached hydrogens (tertiary/aromatic N) is 2. The Morgan fingerprint density at radius 3 is 2.55 bits per heavy atom. The smallest absolute Gasteiger partial charge is 0.388 e. The molecule has 0 radical (unpaired) electrons. The highest BCUT2D eigenvalue weighted by atomic mass is 19.4. The van der Waals surface area contributed by atoms with Gasteiger partial charge in [0, 0.05) is 24.3 Å². The van der Waals surface area contributed by atoms with Gasteiger partial charge in [-0.2, -0.15) is 13.2 Å². The van der Waals surface area contributed by atoms with E-state index in [1.807, 2.05) is 5.10 Å². The minimum Gasteiger partial charge on any atom is -0.388 e. The van der Waals surface area contributed by atoms with Gasteiger partial charge in [-0.15, -0.1) is 5.10 Å². The lowest BCUT2D eigenvalue weighted by Gasteiger charge is -2.31. The number of rotatable bonds is 2. The average molecular weight is 315 g/mol. The second-order valence-corrected chi connectivity index (χ2v) is 4.75. The lowest BCUT2D eigenvalue weighted by atomic mass is 10.1. The number of alkyl halides is 3. The van der Waals surface area contributed by atoms with Gasteiger partial charge in [0.2, 0.25) is 5.89 Å². The Bertz CT molecular complexity index is 717. The van der Waals surface area contributed by atoms with E-state index in [2.05, 4.69) is 5.10 Å². The molecule has 1 aromatic heterocycles. The molecule has 0 unspecified atom stereocenters. The van der Waals surface area contributed by atoms with E-state index in [0.717, 1.165) is 6.07 Å². The first-order valence-corrected chi connectivity index (χ1v) is 6.55. The Hall–Kier alpha value is -2.29. The molecule has 2 aromatic rings. The van der Waals surface area contributed by atoms with Crippen molar-refractivity contribution < 1.29 is 22.3 Å². The average Bonchev–Trinajstić information content (AvgIpc) is 2.93. The van der Waals surface area contributed by atoms with Crippen molar-refractivity contribution in [3.63, 3.8) is 0 Å². The number of aromatic nitrogens is 2. The number of H-pyrrole nitrogens is 1. The summed E-state index contributed by atoms with van der Waals surface area (Å²) in [6.07, 6.45) is -4.53. The molecule has 3 rings (SSSR count). The zero-order valence-electron chi connectivity index (χ0n) is 11.3. The van der Waals surface area contributed by atoms with Gasteiger partial charge in [-0.3, -0.25) is 0 Å². The van der Waals surface area contributed by atoms with E-state index in [0.29, 0.717) is 26.3 Å². The second-order valence-electron chi connectivity index (χ2n) is 4.75. The Morgan fingerprint density at radius 1 is 1.23 bits per heavy atom. The van der Waals surface area contributed by atoms with Crippen LogP contribution in [0, 0.1) is 0 Å². The Labute approximate surface area is 122 Å². The van der Waals surface area contributed by atoms with Crippen LogP contribution in [-0.4, -0.2) is 36.5 Å². The third-order valence-electron chi connectivity index (χ3n) is 3.34. The molecule has 1 fully saturated rings. The lowest BCUT2D eigenvalue weighted by molar-refractivity contribution is -0.137. The van der Waals surface area contributed by atoms with E-state index in [1.54, 1.807) is 4.90 Å². The molecule has 1 aromatic carbocycles. The number of nitrogens with one attached hydrogen (secondary N) is 1. The summed E-state index contributed by atoms with van der Waals surface area (Å²) in [5.41, 5.74) is -0.627. The molecule has 0 atom stereocenters. The first-order chi connectivity index (χ1) is 10.4. The van der Waals surface area contributed by atoms with Crippen LogP contribution in [0.25, 0.3) is 11.5 Å². The molecule has 1 saturated heterocycles. The number of hydrogen-bond donors (Lipinski definition) is 1. The molecule has 0 spiro atoms. The molecule has 1 aliphatic heterocycles. The van der Waals surface area contributed by atoms with Crippen molar-refractivity contribution in [3.8, 4) is 11.5 Å². The summed E-state index contributed by atoms with van der Waals surface area (Å²) in [7, 11) is 0. The molecule has 6 nitrogen and oxygen atoms in total. The molecule has 0 bridgehead atoms. The fraction of sp³-hybridized carbons (Fsp3) is 0.385. The van der Waals surface area contributed by atoms with Crippen LogP contribution in [-0.2, 0) is 10.9 Å². The molecule has 0 amide bonds. The Balaban J connectivity index is 2.05. The number of ether oxygens (including phenoxy) is 1. The summed E-state index contributed by atoms with van der Waals surface area (Å²) < 4.78 is 49.8. The largest absolute Gasteiger partial charge is 0.434 e. The van der Waals surface area contributed by atoms with Gasteiger partial charge in [0.05, 0.1) is 18.8 Å². The molecule has 9 heteroatoms. The highest BCUT2D eigenvalue weighted by molar-refractivity contribution is 5.64. The van der Waals surface area contributed by atoms with Crippen molar-refractivity contribution in [1.82, 2.24) is 10.2 Å². The van der Waals surface area contributed by atoms with Crippen LogP contribution in [0.3, 0.4) is 0 Å². The van der Waals surface area contributed by atoms with Gasteiger partial charge in [-0.05, 0) is 18.2 Å². The molecular weight excluding hydrogens is 303 g/mol. The van der Waals surface area contributed by atoms with Gasteiger partial charge < -0.3 is 14.1 Å². The van der Waals surface area contributed by atoms with Gasteiger partial charge in [0.25, 0.3) is 0 Å². The van der Waals surface area contributed by atoms with Crippen LogP contribution < -0.4 is 10.7 Å². The summed E-state index contributed by atoms with van der Waals surface area (Å²) >= 11 is 0. The van der Waals surface area contributed by atoms with Crippen LogP contribution >= 0.6 is 0 Å². The van der Waals surface area contributed by atoms with Crippen molar-refractivity contribution in [2.24, 2.45) is 0 Å². The minimum atomic E-state index is -4.53. The summed E-state index contributed by atoms with van der Waals surface area (Å²) in [5.74, 6) is -0.996. The van der Waals surface area contributed by atoms with Crippen LogP contribution in [0.15, 0.2) is 27.4 Å². The van der Waals surface area contributed by atoms with E-state index >= 15 is 0 Å². The SMILES string of the molecule is O=c1[nH]nc(-c2ccc(N3CCOCC3)c(C(F)(F)F)c2)o1. The minimum absolute atomic E-state index is 0.0810. The van der Waals surface area contributed by atoms with E-state index in [9.17, 15) is 18.0 Å². The van der Waals surface area contributed by atoms with Crippen molar-refractivity contribution >= 4 is 5.69 Å². The molecule has 1 aliphatic rings. The number of hydrogen-bond acceptors (Lipinski definition) is 5. The maximum Gasteiger partial charge on any atom is 0.434 e. The molecule has 1 N–H and O–H groups in total. The Kier molecular flexibility index (Phi) is 3.65. The number of anilines is 1. The van der Waals surface area contributed by atoms with Crippen LogP contribution in [0.4, 0.5) is 18.9 Å². The van der Waals surface area contributed by atoms with E-state index in [-0.39, 0.29) is 17.1 Å².